The number of fused-ring (bicyclic) bond motifs is 2. The van der Waals surface area contributed by atoms with E-state index in [1.807, 2.05) is 40.7 Å². The van der Waals surface area contributed by atoms with Crippen molar-refractivity contribution in [3.8, 4) is 0 Å². The molecule has 3 aromatic heterocycles. The molecular formula is C41H53N10O10P. The molecule has 0 spiro atoms. The minimum atomic E-state index is -1.65. The molecule has 2 bridgehead atoms. The van der Waals surface area contributed by atoms with Crippen LogP contribution in [0.25, 0.3) is 4.85 Å². The second-order valence-corrected chi connectivity index (χ2v) is 17.6. The zero-order valence-corrected chi connectivity index (χ0v) is 36.7. The lowest BCUT2D eigenvalue weighted by Gasteiger charge is -2.37. The Morgan fingerprint density at radius 2 is 1.84 bits per heavy atom. The second-order valence-electron chi connectivity index (χ2n) is 16.2. The number of aromatic amines is 1. The maximum atomic E-state index is 13.4. The van der Waals surface area contributed by atoms with Crippen molar-refractivity contribution < 1.29 is 32.8 Å². The van der Waals surface area contributed by atoms with Crippen molar-refractivity contribution >= 4 is 20.3 Å². The lowest BCUT2D eigenvalue weighted by Crippen LogP contribution is -2.41. The summed E-state index contributed by atoms with van der Waals surface area (Å²) in [6.07, 6.45) is 1.62. The third-order valence-corrected chi connectivity index (χ3v) is 13.3. The van der Waals surface area contributed by atoms with Gasteiger partial charge < -0.3 is 38.2 Å². The zero-order chi connectivity index (χ0) is 44.3. The van der Waals surface area contributed by atoms with Crippen LogP contribution in [0.4, 0.5) is 5.82 Å². The third-order valence-electron chi connectivity index (χ3n) is 11.1. The highest BCUT2D eigenvalue weighted by Crippen LogP contribution is 2.50. The first-order valence-corrected chi connectivity index (χ1v) is 21.8. The summed E-state index contributed by atoms with van der Waals surface area (Å²) in [5.41, 5.74) is -0.666. The molecule has 3 unspecified atom stereocenters. The van der Waals surface area contributed by atoms with Crippen LogP contribution in [0.2, 0.25) is 0 Å². The summed E-state index contributed by atoms with van der Waals surface area (Å²) in [4.78, 5) is 61.4. The van der Waals surface area contributed by atoms with Crippen LogP contribution in [0.3, 0.4) is 0 Å². The predicted octanol–water partition coefficient (Wildman–Crippen LogP) is 3.87. The zero-order valence-electron chi connectivity index (χ0n) is 35.8. The van der Waals surface area contributed by atoms with E-state index in [-0.39, 0.29) is 63.1 Å². The molecule has 3 saturated heterocycles. The molecule has 0 radical (unpaired) electrons. The van der Waals surface area contributed by atoms with E-state index in [0.717, 1.165) is 0 Å². The van der Waals surface area contributed by atoms with E-state index in [1.54, 1.807) is 55.2 Å². The highest BCUT2D eigenvalue weighted by Gasteiger charge is 2.62. The first kappa shape index (κ1) is 45.1. The molecule has 2 N–H and O–H groups in total. The number of ether oxygens (including phenoxy) is 4. The number of nitrogens with one attached hydrogen (secondary N) is 2. The van der Waals surface area contributed by atoms with E-state index in [2.05, 4.69) is 35.1 Å². The Kier molecular flexibility index (Phi) is 13.9. The average Bonchev–Trinajstić information content (AvgIpc) is 4.02. The van der Waals surface area contributed by atoms with E-state index < -0.39 is 67.9 Å². The van der Waals surface area contributed by atoms with Gasteiger partial charge >= 0.3 is 11.4 Å². The highest BCUT2D eigenvalue weighted by molar-refractivity contribution is 7.44. The fourth-order valence-electron chi connectivity index (χ4n) is 8.04. The average molecular weight is 877 g/mol. The van der Waals surface area contributed by atoms with E-state index in [0.29, 0.717) is 28.8 Å². The molecule has 3 fully saturated rings. The first-order valence-electron chi connectivity index (χ1n) is 20.7. The van der Waals surface area contributed by atoms with Crippen molar-refractivity contribution in [1.82, 2.24) is 38.8 Å². The minimum Gasteiger partial charge on any atom is -0.368 e. The molecule has 8 atom stereocenters. The van der Waals surface area contributed by atoms with Crippen LogP contribution in [0.1, 0.15) is 87.1 Å². The number of H-pyrrole nitrogens is 1. The SMILES string of the molecule is [C-]#[N+]CCOP(OC1C[C@H](n2cc(C)c(=O)[nH]c2=O)O[C@@H]1Cn1cc(COC2[C@@H]3OC[C@]2(CC)O[C@H]3n2cc(C)c(NC(=O)c3ccccc3)nc2=O)nn1)N(C(C)C)C(C)C. The maximum absolute atomic E-state index is 13.4. The molecule has 4 aromatic rings. The van der Waals surface area contributed by atoms with Gasteiger partial charge in [0.1, 0.15) is 48.3 Å². The Balaban J connectivity index is 1.06. The summed E-state index contributed by atoms with van der Waals surface area (Å²) in [5.74, 6) is -0.229. The van der Waals surface area contributed by atoms with Gasteiger partial charge in [0.2, 0.25) is 6.54 Å². The lowest BCUT2D eigenvalue weighted by atomic mass is 9.96. The molecule has 3 aliphatic heterocycles. The number of nitrogens with zero attached hydrogens (tertiary/aromatic N) is 8. The Morgan fingerprint density at radius 3 is 2.55 bits per heavy atom. The molecular weight excluding hydrogens is 823 g/mol. The van der Waals surface area contributed by atoms with Crippen LogP contribution >= 0.6 is 8.53 Å². The number of amides is 1. The first-order chi connectivity index (χ1) is 29.7. The number of aromatic nitrogens is 7. The van der Waals surface area contributed by atoms with Crippen LogP contribution in [0.5, 0.6) is 0 Å². The van der Waals surface area contributed by atoms with Crippen molar-refractivity contribution in [3.63, 3.8) is 0 Å². The largest absolute Gasteiger partial charge is 0.368 e. The van der Waals surface area contributed by atoms with Crippen LogP contribution < -0.4 is 22.3 Å². The van der Waals surface area contributed by atoms with Gasteiger partial charge in [-0.3, -0.25) is 23.7 Å². The molecule has 6 heterocycles. The molecule has 7 rings (SSSR count). The van der Waals surface area contributed by atoms with Gasteiger partial charge in [0.15, 0.2) is 6.23 Å². The van der Waals surface area contributed by atoms with Gasteiger partial charge in [-0.2, -0.15) is 4.98 Å². The van der Waals surface area contributed by atoms with Crippen molar-refractivity contribution in [1.29, 1.82) is 0 Å². The fraction of sp³-hybridized carbons (Fsp3) is 0.561. The van der Waals surface area contributed by atoms with Crippen LogP contribution in [0.15, 0.2) is 63.3 Å². The molecule has 62 heavy (non-hydrogen) atoms. The van der Waals surface area contributed by atoms with E-state index in [9.17, 15) is 19.2 Å². The molecule has 0 aliphatic carbocycles. The Labute approximate surface area is 359 Å². The quantitative estimate of drug-likeness (QED) is 0.0826. The molecule has 1 amide bonds. The van der Waals surface area contributed by atoms with E-state index in [1.165, 1.54) is 15.3 Å². The van der Waals surface area contributed by atoms with Gasteiger partial charge in [-0.15, -0.1) is 5.10 Å². The summed E-state index contributed by atoms with van der Waals surface area (Å²) in [7, 11) is -1.65. The summed E-state index contributed by atoms with van der Waals surface area (Å²) >= 11 is 0. The number of hydrogen-bond acceptors (Lipinski definition) is 14. The third kappa shape index (κ3) is 9.50. The molecule has 1 aromatic carbocycles. The number of rotatable bonds is 18. The van der Waals surface area contributed by atoms with Gasteiger partial charge in [-0.05, 0) is 60.1 Å². The number of anilines is 1. The topological polar surface area (TPSA) is 213 Å². The summed E-state index contributed by atoms with van der Waals surface area (Å²) in [6, 6.07) is 8.78. The summed E-state index contributed by atoms with van der Waals surface area (Å²) in [5, 5.41) is 11.5. The van der Waals surface area contributed by atoms with Crippen LogP contribution in [-0.2, 0) is 41.1 Å². The Morgan fingerprint density at radius 1 is 1.10 bits per heavy atom. The van der Waals surface area contributed by atoms with Crippen molar-refractivity contribution in [3.05, 3.63) is 114 Å². The smallest absolute Gasteiger partial charge is 0.351 e. The molecule has 21 heteroatoms. The van der Waals surface area contributed by atoms with Gasteiger partial charge in [-0.1, -0.05) is 30.3 Å². The highest BCUT2D eigenvalue weighted by atomic mass is 31.2. The normalized spacial score (nSPS) is 24.9. The van der Waals surface area contributed by atoms with Crippen molar-refractivity contribution in [2.45, 2.75) is 129 Å². The molecule has 3 aliphatic rings. The van der Waals surface area contributed by atoms with Gasteiger partial charge in [0.25, 0.3) is 20.0 Å². The van der Waals surface area contributed by atoms with Crippen molar-refractivity contribution in [2.24, 2.45) is 0 Å². The monoisotopic (exact) mass is 876 g/mol. The Hall–Kier alpha value is -4.97. The standard InChI is InChI=1S/C41H53N10O10P/c1-9-41-23-57-33(38(60-41)50-18-26(6)35(44-39(50)54)43-37(53)28-13-11-10-12-14-28)34(41)56-22-29-20-48(47-46-29)21-31-30(17-32(59-31)49-19-27(7)36(52)45-40(49)55)61-62(58-16-15-42-8)51(24(2)3)25(4)5/h10-14,18-20,24-25,30-34,38H,9,15-17,21-23H2,1-7H3,(H,45,52,55)(H,43,44,53,54)/t30?,31-,32-,33+,34?,38-,41+,62?/m1/s1. The predicted molar refractivity (Wildman–Crippen MR) is 225 cm³/mol. The Bertz CT molecular complexity index is 2430. The minimum absolute atomic E-state index is 0.0526. The number of hydrogen-bond donors (Lipinski definition) is 2. The van der Waals surface area contributed by atoms with Crippen LogP contribution in [-0.4, -0.2) is 107 Å². The van der Waals surface area contributed by atoms with Gasteiger partial charge in [0, 0.05) is 47.6 Å². The number of carbonyl (C=O) groups is 1. The van der Waals surface area contributed by atoms with Crippen molar-refractivity contribution in [2.75, 3.05) is 25.1 Å². The molecule has 332 valence electrons. The lowest BCUT2D eigenvalue weighted by molar-refractivity contribution is -0.176. The summed E-state index contributed by atoms with van der Waals surface area (Å²) < 4.78 is 45.1. The number of carbonyl (C=O) groups excluding carboxylic acids is 1. The number of benzene rings is 1. The van der Waals surface area contributed by atoms with E-state index in [4.69, 9.17) is 34.6 Å². The van der Waals surface area contributed by atoms with Crippen LogP contribution in [0, 0.1) is 20.4 Å². The van der Waals surface area contributed by atoms with Gasteiger partial charge in [-0.25, -0.2) is 25.5 Å². The fourth-order valence-corrected chi connectivity index (χ4v) is 9.79. The second kappa shape index (κ2) is 19.2. The molecule has 0 saturated carbocycles. The van der Waals surface area contributed by atoms with Gasteiger partial charge in [0.05, 0.1) is 32.1 Å². The summed E-state index contributed by atoms with van der Waals surface area (Å²) in [6.45, 7) is 21.7. The molecule has 20 nitrogen and oxygen atoms in total. The van der Waals surface area contributed by atoms with E-state index >= 15 is 0 Å². The number of aryl methyl sites for hydroxylation is 2. The maximum Gasteiger partial charge on any atom is 0.351 e.